The molecule has 5 rings (SSSR count). The van der Waals surface area contributed by atoms with E-state index in [1.165, 1.54) is 17.5 Å². The average molecular weight is 583 g/mol. The minimum Gasteiger partial charge on any atom is -0.508 e. The van der Waals surface area contributed by atoms with Crippen molar-refractivity contribution in [3.63, 3.8) is 0 Å². The third-order valence-electron chi connectivity index (χ3n) is 6.01. The van der Waals surface area contributed by atoms with Gasteiger partial charge in [0.05, 0.1) is 14.2 Å². The fourth-order valence-electron chi connectivity index (χ4n) is 4.31. The molecule has 7 nitrogen and oxygen atoms in total. The Kier molecular flexibility index (Phi) is 6.10. The van der Waals surface area contributed by atoms with E-state index in [0.29, 0.717) is 11.6 Å². The van der Waals surface area contributed by atoms with Crippen molar-refractivity contribution >= 4 is 47.9 Å². The molecule has 0 radical (unpaired) electrons. The molecule has 1 saturated carbocycles. The van der Waals surface area contributed by atoms with Gasteiger partial charge in [0.15, 0.2) is 11.6 Å². The molecule has 0 aliphatic heterocycles. The van der Waals surface area contributed by atoms with Gasteiger partial charge in [0.25, 0.3) is 0 Å². The highest BCUT2D eigenvalue weighted by Crippen LogP contribution is 2.59. The van der Waals surface area contributed by atoms with Crippen LogP contribution in [0.3, 0.4) is 0 Å². The van der Waals surface area contributed by atoms with E-state index in [1.54, 1.807) is 41.5 Å². The van der Waals surface area contributed by atoms with Crippen LogP contribution in [0, 0.1) is 0 Å². The quantitative estimate of drug-likeness (QED) is 0.268. The van der Waals surface area contributed by atoms with Crippen molar-refractivity contribution < 1.29 is 19.1 Å². The molecule has 2 aliphatic rings. The minimum absolute atomic E-state index is 0.119. The van der Waals surface area contributed by atoms with E-state index < -0.39 is 0 Å². The number of methoxy groups -OCH3 is 2. The van der Waals surface area contributed by atoms with E-state index in [9.17, 15) is 5.11 Å². The van der Waals surface area contributed by atoms with Crippen LogP contribution < -0.4 is 13.8 Å². The lowest BCUT2D eigenvalue weighted by Crippen LogP contribution is -2.23. The SMILES string of the molecule is COc1ccnc(OC)c1SN(CCSI)c1noc2c1CC1(CC1)c1ccc(O)cc1-2. The number of halogens is 1. The van der Waals surface area contributed by atoms with Crippen LogP contribution in [0.4, 0.5) is 5.82 Å². The van der Waals surface area contributed by atoms with Crippen LogP contribution in [-0.4, -0.2) is 41.8 Å². The summed E-state index contributed by atoms with van der Waals surface area (Å²) in [5.41, 5.74) is 3.41. The van der Waals surface area contributed by atoms with Crippen LogP contribution in [0.2, 0.25) is 0 Å². The maximum atomic E-state index is 10.1. The molecule has 2 aromatic heterocycles. The second-order valence-corrected chi connectivity index (χ2v) is 11.4. The summed E-state index contributed by atoms with van der Waals surface area (Å²) in [6, 6.07) is 7.43. The number of fused-ring (bicyclic) bond motifs is 4. The Labute approximate surface area is 207 Å². The van der Waals surface area contributed by atoms with Crippen molar-refractivity contribution in [2.75, 3.05) is 30.8 Å². The van der Waals surface area contributed by atoms with Gasteiger partial charge in [-0.05, 0) is 76.2 Å². The number of nitrogens with zero attached hydrogens (tertiary/aromatic N) is 3. The van der Waals surface area contributed by atoms with E-state index in [4.69, 9.17) is 14.0 Å². The maximum Gasteiger partial charge on any atom is 0.232 e. The molecule has 1 spiro atoms. The summed E-state index contributed by atoms with van der Waals surface area (Å²) in [6.07, 6.45) is 4.82. The van der Waals surface area contributed by atoms with E-state index in [2.05, 4.69) is 35.7 Å². The number of rotatable bonds is 8. The zero-order valence-electron chi connectivity index (χ0n) is 17.6. The highest BCUT2D eigenvalue weighted by Gasteiger charge is 2.50. The van der Waals surface area contributed by atoms with Crippen molar-refractivity contribution in [1.82, 2.24) is 10.1 Å². The lowest BCUT2D eigenvalue weighted by atomic mass is 9.79. The van der Waals surface area contributed by atoms with Crippen molar-refractivity contribution in [2.24, 2.45) is 0 Å². The molecule has 1 fully saturated rings. The molecule has 3 aromatic rings. The van der Waals surface area contributed by atoms with Gasteiger partial charge < -0.3 is 19.1 Å². The number of phenolic OH excluding ortho intramolecular Hbond substituents is 1. The van der Waals surface area contributed by atoms with Crippen LogP contribution in [-0.2, 0) is 11.8 Å². The molecule has 32 heavy (non-hydrogen) atoms. The molecule has 0 amide bonds. The van der Waals surface area contributed by atoms with Crippen molar-refractivity contribution in [3.05, 3.63) is 41.6 Å². The molecule has 0 atom stereocenters. The third kappa shape index (κ3) is 3.79. The van der Waals surface area contributed by atoms with E-state index >= 15 is 0 Å². The third-order valence-corrected chi connectivity index (χ3v) is 8.81. The molecule has 1 aromatic carbocycles. The topological polar surface area (TPSA) is 80.9 Å². The summed E-state index contributed by atoms with van der Waals surface area (Å²) in [7, 11) is 4.99. The first-order valence-electron chi connectivity index (χ1n) is 10.2. The second kappa shape index (κ2) is 8.86. The van der Waals surface area contributed by atoms with Crippen LogP contribution in [0.15, 0.2) is 39.9 Å². The highest BCUT2D eigenvalue weighted by molar-refractivity contribution is 14.2. The van der Waals surface area contributed by atoms with Crippen molar-refractivity contribution in [1.29, 1.82) is 0 Å². The fourth-order valence-corrected chi connectivity index (χ4v) is 6.35. The van der Waals surface area contributed by atoms with Gasteiger partial charge in [0.1, 0.15) is 16.4 Å². The predicted octanol–water partition coefficient (Wildman–Crippen LogP) is 5.64. The molecule has 0 saturated heterocycles. The van der Waals surface area contributed by atoms with Gasteiger partial charge in [0, 0.05) is 35.0 Å². The summed E-state index contributed by atoms with van der Waals surface area (Å²) in [6.45, 7) is 0.748. The Morgan fingerprint density at radius 3 is 2.81 bits per heavy atom. The normalized spacial score (nSPS) is 15.2. The number of ether oxygens (including phenoxy) is 2. The molecule has 2 aliphatic carbocycles. The van der Waals surface area contributed by atoms with Crippen LogP contribution in [0.1, 0.15) is 24.0 Å². The smallest absolute Gasteiger partial charge is 0.232 e. The van der Waals surface area contributed by atoms with Gasteiger partial charge in [0.2, 0.25) is 5.88 Å². The first kappa shape index (κ1) is 22.0. The monoisotopic (exact) mass is 583 g/mol. The Bertz CT molecular complexity index is 1130. The van der Waals surface area contributed by atoms with E-state index in [-0.39, 0.29) is 11.2 Å². The van der Waals surface area contributed by atoms with E-state index in [1.807, 2.05) is 12.1 Å². The molecule has 168 valence electrons. The molecular formula is C22H22IN3O4S2. The van der Waals surface area contributed by atoms with E-state index in [0.717, 1.165) is 59.2 Å². The van der Waals surface area contributed by atoms with Crippen LogP contribution in [0.25, 0.3) is 11.3 Å². The zero-order valence-corrected chi connectivity index (χ0v) is 21.4. The van der Waals surface area contributed by atoms with Gasteiger partial charge >= 0.3 is 0 Å². The number of hydrogen-bond donors (Lipinski definition) is 1. The standard InChI is InChI=1S/C22H22IN3O4S2/c1-28-17-5-8-24-21(29-2)19(17)32-26(9-10-31-23)20-15-12-22(6-7-22)16-4-3-13(27)11-14(16)18(15)30-25-20/h3-5,8,11,27H,6-7,9-10,12H2,1-2H3. The lowest BCUT2D eigenvalue weighted by Gasteiger charge is -2.27. The highest BCUT2D eigenvalue weighted by atomic mass is 127. The first-order chi connectivity index (χ1) is 15.6. The van der Waals surface area contributed by atoms with Gasteiger partial charge in [-0.3, -0.25) is 4.31 Å². The number of anilines is 1. The summed E-state index contributed by atoms with van der Waals surface area (Å²) in [5.74, 6) is 3.91. The fraction of sp³-hybridized carbons (Fsp3) is 0.364. The average Bonchev–Trinajstić information content (AvgIpc) is 3.45. The minimum atomic E-state index is 0.119. The summed E-state index contributed by atoms with van der Waals surface area (Å²) < 4.78 is 19.1. The summed E-state index contributed by atoms with van der Waals surface area (Å²) in [4.78, 5) is 5.15. The van der Waals surface area contributed by atoms with Crippen molar-refractivity contribution in [3.8, 4) is 28.7 Å². The number of hydrogen-bond acceptors (Lipinski definition) is 9. The molecule has 0 unspecified atom stereocenters. The van der Waals surface area contributed by atoms with Gasteiger partial charge in [-0.1, -0.05) is 20.2 Å². The van der Waals surface area contributed by atoms with Gasteiger partial charge in [-0.15, -0.1) is 0 Å². The maximum absolute atomic E-state index is 10.1. The molecular weight excluding hydrogens is 561 g/mol. The van der Waals surface area contributed by atoms with Gasteiger partial charge in [-0.25, -0.2) is 4.98 Å². The predicted molar refractivity (Wildman–Crippen MR) is 135 cm³/mol. The number of aromatic hydroxyl groups is 1. The molecule has 10 heteroatoms. The largest absolute Gasteiger partial charge is 0.508 e. The first-order valence-corrected chi connectivity index (χ1v) is 14.5. The Hall–Kier alpha value is -1.79. The van der Waals surface area contributed by atoms with Crippen LogP contribution in [0.5, 0.6) is 17.4 Å². The van der Waals surface area contributed by atoms with Gasteiger partial charge in [-0.2, -0.15) is 0 Å². The summed E-state index contributed by atoms with van der Waals surface area (Å²) in [5, 5.41) is 14.6. The summed E-state index contributed by atoms with van der Waals surface area (Å²) >= 11 is 3.81. The number of pyridine rings is 1. The Balaban J connectivity index is 1.58. The zero-order chi connectivity index (χ0) is 22.3. The Morgan fingerprint density at radius 1 is 1.25 bits per heavy atom. The number of aromatic nitrogens is 2. The van der Waals surface area contributed by atoms with Crippen molar-refractivity contribution in [2.45, 2.75) is 29.6 Å². The molecule has 1 N–H and O–H groups in total. The lowest BCUT2D eigenvalue weighted by molar-refractivity contribution is 0.364. The number of benzene rings is 1. The number of phenols is 1. The Morgan fingerprint density at radius 2 is 2.09 bits per heavy atom. The molecule has 0 bridgehead atoms. The van der Waals surface area contributed by atoms with Crippen LogP contribution >= 0.6 is 42.1 Å². The second-order valence-electron chi connectivity index (χ2n) is 7.86. The molecule has 2 heterocycles.